The van der Waals surface area contributed by atoms with Gasteiger partial charge in [-0.2, -0.15) is 0 Å². The molecule has 3 aromatic rings. The Morgan fingerprint density at radius 1 is 1.30 bits per heavy atom. The van der Waals surface area contributed by atoms with Crippen molar-refractivity contribution in [2.24, 2.45) is 0 Å². The van der Waals surface area contributed by atoms with E-state index in [-0.39, 0.29) is 12.5 Å². The Bertz CT molecular complexity index is 945. The molecule has 1 aromatic carbocycles. The second-order valence-electron chi connectivity index (χ2n) is 5.69. The highest BCUT2D eigenvalue weighted by molar-refractivity contribution is 5.98. The number of hydrogen-bond acceptors (Lipinski definition) is 4. The van der Waals surface area contributed by atoms with Gasteiger partial charge in [-0.3, -0.25) is 4.79 Å². The molecule has 0 atom stereocenters. The van der Waals surface area contributed by atoms with Gasteiger partial charge in [0.25, 0.3) is 5.91 Å². The number of nitrogens with zero attached hydrogens (tertiary/aromatic N) is 3. The lowest BCUT2D eigenvalue weighted by molar-refractivity contribution is -0.120. The molecule has 0 unspecified atom stereocenters. The molecule has 2 N–H and O–H groups in total. The van der Waals surface area contributed by atoms with E-state index in [4.69, 9.17) is 10.5 Å². The molecule has 0 saturated carbocycles. The predicted octanol–water partition coefficient (Wildman–Crippen LogP) is 2.25. The maximum Gasteiger partial charge on any atom is 0.264 e. The Balaban J connectivity index is 1.85. The van der Waals surface area contributed by atoms with E-state index in [0.29, 0.717) is 11.4 Å². The molecule has 4 rings (SSSR count). The monoisotopic (exact) mass is 308 g/mol. The topological polar surface area (TPSA) is 72.9 Å². The lowest BCUT2D eigenvalue weighted by atomic mass is 10.1. The lowest BCUT2D eigenvalue weighted by Crippen LogP contribution is -2.35. The molecule has 1 aliphatic rings. The summed E-state index contributed by atoms with van der Waals surface area (Å²) in [5, 5.41) is 0. The number of benzene rings is 1. The van der Waals surface area contributed by atoms with Crippen LogP contribution in [-0.2, 0) is 4.79 Å². The van der Waals surface area contributed by atoms with Crippen molar-refractivity contribution in [1.82, 2.24) is 9.38 Å². The van der Waals surface area contributed by atoms with Crippen molar-refractivity contribution in [3.63, 3.8) is 0 Å². The molecule has 2 aromatic heterocycles. The van der Waals surface area contributed by atoms with Gasteiger partial charge in [0.05, 0.1) is 17.1 Å². The van der Waals surface area contributed by atoms with E-state index in [9.17, 15) is 4.79 Å². The average Bonchev–Trinajstić information content (AvgIpc) is 2.99. The number of likely N-dealkylation sites (N-methyl/N-ethyl adjacent to an activating group) is 1. The molecule has 0 radical (unpaired) electrons. The van der Waals surface area contributed by atoms with Gasteiger partial charge in [0, 0.05) is 25.0 Å². The summed E-state index contributed by atoms with van der Waals surface area (Å²) in [4.78, 5) is 18.0. The zero-order valence-electron chi connectivity index (χ0n) is 12.9. The number of rotatable bonds is 1. The molecule has 23 heavy (non-hydrogen) atoms. The summed E-state index contributed by atoms with van der Waals surface area (Å²) >= 11 is 0. The summed E-state index contributed by atoms with van der Waals surface area (Å²) < 4.78 is 7.36. The van der Waals surface area contributed by atoms with Crippen LogP contribution in [-0.4, -0.2) is 28.9 Å². The van der Waals surface area contributed by atoms with E-state index in [1.54, 1.807) is 11.9 Å². The number of carbonyl (C=O) groups excluding carboxylic acids is 1. The number of pyridine rings is 1. The first-order valence-electron chi connectivity index (χ1n) is 7.32. The minimum absolute atomic E-state index is 0.0653. The van der Waals surface area contributed by atoms with Crippen molar-refractivity contribution in [2.45, 2.75) is 6.92 Å². The summed E-state index contributed by atoms with van der Waals surface area (Å²) in [6, 6.07) is 7.68. The Morgan fingerprint density at radius 2 is 2.13 bits per heavy atom. The third-order valence-corrected chi connectivity index (χ3v) is 4.22. The fourth-order valence-electron chi connectivity index (χ4n) is 2.74. The molecule has 6 nitrogen and oxygen atoms in total. The fourth-order valence-corrected chi connectivity index (χ4v) is 2.74. The number of carbonyl (C=O) groups is 1. The van der Waals surface area contributed by atoms with Gasteiger partial charge in [0.15, 0.2) is 12.3 Å². The molecule has 1 amide bonds. The normalized spacial score (nSPS) is 14.0. The number of fused-ring (bicyclic) bond motifs is 2. The first-order valence-corrected chi connectivity index (χ1v) is 7.32. The molecule has 0 aliphatic carbocycles. The van der Waals surface area contributed by atoms with Gasteiger partial charge >= 0.3 is 0 Å². The molecule has 6 heteroatoms. The standard InChI is InChI=1S/C17H16N4O2/c1-10-5-6-21-8-12(19-17(21)16(10)18)11-3-4-14-13(7-11)20(2)15(22)9-23-14/h3-8H,9,18H2,1-2H3. The molecule has 116 valence electrons. The highest BCUT2D eigenvalue weighted by Crippen LogP contribution is 2.35. The molecular weight excluding hydrogens is 292 g/mol. The van der Waals surface area contributed by atoms with Crippen molar-refractivity contribution in [2.75, 3.05) is 24.3 Å². The summed E-state index contributed by atoms with van der Waals surface area (Å²) in [5.74, 6) is 0.638. The molecule has 0 spiro atoms. The van der Waals surface area contributed by atoms with Crippen LogP contribution in [0.25, 0.3) is 16.9 Å². The van der Waals surface area contributed by atoms with Crippen molar-refractivity contribution in [3.8, 4) is 17.0 Å². The van der Waals surface area contributed by atoms with Gasteiger partial charge < -0.3 is 19.8 Å². The SMILES string of the molecule is Cc1ccn2cc(-c3ccc4c(c3)N(C)C(=O)CO4)nc2c1N. The fraction of sp³-hybridized carbons (Fsp3) is 0.176. The quantitative estimate of drug-likeness (QED) is 0.748. The Kier molecular flexibility index (Phi) is 2.81. The molecule has 0 fully saturated rings. The van der Waals surface area contributed by atoms with Crippen LogP contribution in [0, 0.1) is 6.92 Å². The van der Waals surface area contributed by atoms with Gasteiger partial charge in [-0.25, -0.2) is 4.98 Å². The molecule has 0 bridgehead atoms. The van der Waals surface area contributed by atoms with Crippen LogP contribution >= 0.6 is 0 Å². The van der Waals surface area contributed by atoms with E-state index >= 15 is 0 Å². The smallest absolute Gasteiger partial charge is 0.264 e. The molecule has 0 saturated heterocycles. The van der Waals surface area contributed by atoms with Gasteiger partial charge in [-0.15, -0.1) is 0 Å². The average molecular weight is 308 g/mol. The number of anilines is 2. The van der Waals surface area contributed by atoms with E-state index in [1.807, 2.05) is 48.0 Å². The molecular formula is C17H16N4O2. The third kappa shape index (κ3) is 2.03. The highest BCUT2D eigenvalue weighted by Gasteiger charge is 2.23. The number of aryl methyl sites for hydroxylation is 1. The van der Waals surface area contributed by atoms with Gasteiger partial charge in [-0.05, 0) is 36.8 Å². The van der Waals surface area contributed by atoms with Crippen molar-refractivity contribution in [1.29, 1.82) is 0 Å². The summed E-state index contributed by atoms with van der Waals surface area (Å²) in [6.07, 6.45) is 3.87. The van der Waals surface area contributed by atoms with Crippen LogP contribution in [0.1, 0.15) is 5.56 Å². The minimum atomic E-state index is -0.0653. The van der Waals surface area contributed by atoms with E-state index in [0.717, 1.165) is 28.2 Å². The maximum absolute atomic E-state index is 11.8. The van der Waals surface area contributed by atoms with E-state index < -0.39 is 0 Å². The number of aromatic nitrogens is 2. The number of nitrogens with two attached hydrogens (primary N) is 1. The van der Waals surface area contributed by atoms with Gasteiger partial charge in [0.2, 0.25) is 0 Å². The highest BCUT2D eigenvalue weighted by atomic mass is 16.5. The zero-order valence-corrected chi connectivity index (χ0v) is 12.9. The predicted molar refractivity (Wildman–Crippen MR) is 88.7 cm³/mol. The van der Waals surface area contributed by atoms with E-state index in [2.05, 4.69) is 4.98 Å². The number of hydrogen-bond donors (Lipinski definition) is 1. The Hall–Kier alpha value is -3.02. The minimum Gasteiger partial charge on any atom is -0.482 e. The largest absolute Gasteiger partial charge is 0.482 e. The second kappa shape index (κ2) is 4.74. The van der Waals surface area contributed by atoms with Crippen LogP contribution in [0.15, 0.2) is 36.7 Å². The Morgan fingerprint density at radius 3 is 2.96 bits per heavy atom. The van der Waals surface area contributed by atoms with Crippen LogP contribution in [0.5, 0.6) is 5.75 Å². The first kappa shape index (κ1) is 13.6. The first-order chi connectivity index (χ1) is 11.0. The lowest BCUT2D eigenvalue weighted by Gasteiger charge is -2.26. The summed E-state index contributed by atoms with van der Waals surface area (Å²) in [7, 11) is 1.75. The van der Waals surface area contributed by atoms with Crippen LogP contribution in [0.3, 0.4) is 0 Å². The van der Waals surface area contributed by atoms with Crippen LogP contribution < -0.4 is 15.4 Å². The number of imidazole rings is 1. The zero-order chi connectivity index (χ0) is 16.1. The maximum atomic E-state index is 11.8. The number of ether oxygens (including phenoxy) is 1. The molecule has 3 heterocycles. The van der Waals surface area contributed by atoms with Gasteiger partial charge in [-0.1, -0.05) is 0 Å². The number of nitrogen functional groups attached to an aromatic ring is 1. The second-order valence-corrected chi connectivity index (χ2v) is 5.69. The Labute approximate surface area is 133 Å². The van der Waals surface area contributed by atoms with Crippen molar-refractivity contribution >= 4 is 22.9 Å². The van der Waals surface area contributed by atoms with Gasteiger partial charge in [0.1, 0.15) is 5.75 Å². The summed E-state index contributed by atoms with van der Waals surface area (Å²) in [6.45, 7) is 2.04. The van der Waals surface area contributed by atoms with Crippen molar-refractivity contribution < 1.29 is 9.53 Å². The summed E-state index contributed by atoms with van der Waals surface area (Å²) in [5.41, 5.74) is 11.0. The third-order valence-electron chi connectivity index (χ3n) is 4.22. The van der Waals surface area contributed by atoms with E-state index in [1.165, 1.54) is 0 Å². The van der Waals surface area contributed by atoms with Crippen molar-refractivity contribution in [3.05, 3.63) is 42.2 Å². The van der Waals surface area contributed by atoms with Crippen LogP contribution in [0.2, 0.25) is 0 Å². The number of amides is 1. The van der Waals surface area contributed by atoms with Crippen LogP contribution in [0.4, 0.5) is 11.4 Å². The molecule has 1 aliphatic heterocycles.